The van der Waals surface area contributed by atoms with Crippen LogP contribution < -0.4 is 10.1 Å². The predicted octanol–water partition coefficient (Wildman–Crippen LogP) is 3.19. The highest BCUT2D eigenvalue weighted by molar-refractivity contribution is 5.39. The second kappa shape index (κ2) is 4.69. The van der Waals surface area contributed by atoms with E-state index >= 15 is 0 Å². The molecule has 0 aliphatic heterocycles. The molecule has 0 aromatic heterocycles. The molecule has 0 saturated heterocycles. The van der Waals surface area contributed by atoms with Gasteiger partial charge in [-0.05, 0) is 35.9 Å². The molecule has 0 amide bonds. The molecule has 0 heterocycles. The maximum absolute atomic E-state index is 5.47. The third-order valence-corrected chi connectivity index (χ3v) is 4.23. The van der Waals surface area contributed by atoms with E-state index in [1.54, 1.807) is 7.11 Å². The molecule has 1 fully saturated rings. The van der Waals surface area contributed by atoms with Crippen molar-refractivity contribution in [1.82, 2.24) is 5.32 Å². The maximum atomic E-state index is 5.47. The van der Waals surface area contributed by atoms with Gasteiger partial charge in [0.2, 0.25) is 0 Å². The van der Waals surface area contributed by atoms with Crippen molar-refractivity contribution >= 4 is 0 Å². The van der Waals surface area contributed by atoms with Gasteiger partial charge in [0.05, 0.1) is 7.11 Å². The fraction of sp³-hybridized carbons (Fsp3) is 0.600. The van der Waals surface area contributed by atoms with E-state index in [9.17, 15) is 0 Å². The summed E-state index contributed by atoms with van der Waals surface area (Å²) in [5.41, 5.74) is 1.67. The second-order valence-corrected chi connectivity index (χ2v) is 5.46. The van der Waals surface area contributed by atoms with Crippen molar-refractivity contribution < 1.29 is 4.74 Å². The van der Waals surface area contributed by atoms with Crippen LogP contribution in [0.25, 0.3) is 0 Å². The minimum Gasteiger partial charge on any atom is -0.496 e. The number of ether oxygens (including phenoxy) is 1. The van der Waals surface area contributed by atoms with Crippen LogP contribution in [0.5, 0.6) is 5.75 Å². The van der Waals surface area contributed by atoms with Gasteiger partial charge in [0.1, 0.15) is 5.75 Å². The fourth-order valence-electron chi connectivity index (χ4n) is 3.00. The Bertz CT molecular complexity index is 386. The number of hydrogen-bond acceptors (Lipinski definition) is 2. The van der Waals surface area contributed by atoms with E-state index in [1.807, 2.05) is 6.07 Å². The first-order chi connectivity index (χ1) is 8.11. The molecular formula is C15H23NO. The Morgan fingerprint density at radius 2 is 2.06 bits per heavy atom. The monoisotopic (exact) mass is 233 g/mol. The molecule has 17 heavy (non-hydrogen) atoms. The van der Waals surface area contributed by atoms with Gasteiger partial charge in [-0.3, -0.25) is 0 Å². The standard InChI is InChI=1S/C15H23NO/c1-5-16-14-10-12(15(14,2)3)11-8-6-7-9-13(11)17-4/h6-9,12,14,16H,5,10H2,1-4H3. The maximum Gasteiger partial charge on any atom is 0.122 e. The van der Waals surface area contributed by atoms with Gasteiger partial charge in [0, 0.05) is 6.04 Å². The summed E-state index contributed by atoms with van der Waals surface area (Å²) < 4.78 is 5.47. The van der Waals surface area contributed by atoms with Crippen LogP contribution >= 0.6 is 0 Å². The van der Waals surface area contributed by atoms with Crippen molar-refractivity contribution in [2.24, 2.45) is 5.41 Å². The highest BCUT2D eigenvalue weighted by Gasteiger charge is 2.48. The third-order valence-electron chi connectivity index (χ3n) is 4.23. The lowest BCUT2D eigenvalue weighted by Gasteiger charge is -2.53. The van der Waals surface area contributed by atoms with E-state index < -0.39 is 0 Å². The lowest BCUT2D eigenvalue weighted by atomic mass is 9.56. The van der Waals surface area contributed by atoms with Crippen LogP contribution in [0.1, 0.15) is 38.7 Å². The van der Waals surface area contributed by atoms with E-state index in [4.69, 9.17) is 4.74 Å². The van der Waals surface area contributed by atoms with Gasteiger partial charge >= 0.3 is 0 Å². The average Bonchev–Trinajstić information content (AvgIpc) is 2.34. The summed E-state index contributed by atoms with van der Waals surface area (Å²) in [7, 11) is 1.76. The first-order valence-electron chi connectivity index (χ1n) is 6.47. The van der Waals surface area contributed by atoms with E-state index in [2.05, 4.69) is 44.3 Å². The summed E-state index contributed by atoms with van der Waals surface area (Å²) >= 11 is 0. The van der Waals surface area contributed by atoms with Crippen LogP contribution in [0.3, 0.4) is 0 Å². The van der Waals surface area contributed by atoms with Gasteiger partial charge in [-0.2, -0.15) is 0 Å². The molecule has 2 atom stereocenters. The molecular weight excluding hydrogens is 210 g/mol. The summed E-state index contributed by atoms with van der Waals surface area (Å²) in [6.45, 7) is 7.92. The smallest absolute Gasteiger partial charge is 0.122 e. The molecule has 1 aliphatic carbocycles. The minimum atomic E-state index is 0.310. The number of hydrogen-bond donors (Lipinski definition) is 1. The lowest BCUT2D eigenvalue weighted by molar-refractivity contribution is 0.0690. The highest BCUT2D eigenvalue weighted by atomic mass is 16.5. The van der Waals surface area contributed by atoms with Crippen molar-refractivity contribution in [3.05, 3.63) is 29.8 Å². The number of benzene rings is 1. The van der Waals surface area contributed by atoms with Crippen molar-refractivity contribution in [2.75, 3.05) is 13.7 Å². The molecule has 0 radical (unpaired) electrons. The second-order valence-electron chi connectivity index (χ2n) is 5.46. The summed E-state index contributed by atoms with van der Waals surface area (Å²) in [6, 6.07) is 9.03. The molecule has 0 spiro atoms. The van der Waals surface area contributed by atoms with Crippen molar-refractivity contribution in [3.63, 3.8) is 0 Å². The molecule has 0 bridgehead atoms. The summed E-state index contributed by atoms with van der Waals surface area (Å²) in [5, 5.41) is 3.57. The van der Waals surface area contributed by atoms with E-state index in [0.29, 0.717) is 17.4 Å². The molecule has 1 aromatic carbocycles. The van der Waals surface area contributed by atoms with Gasteiger partial charge in [0.25, 0.3) is 0 Å². The van der Waals surface area contributed by atoms with Gasteiger partial charge in [-0.25, -0.2) is 0 Å². The van der Waals surface area contributed by atoms with Crippen LogP contribution in [0.2, 0.25) is 0 Å². The van der Waals surface area contributed by atoms with Crippen molar-refractivity contribution in [2.45, 2.75) is 39.2 Å². The number of para-hydroxylation sites is 1. The molecule has 1 N–H and O–H groups in total. The number of rotatable bonds is 4. The molecule has 2 nitrogen and oxygen atoms in total. The van der Waals surface area contributed by atoms with Crippen LogP contribution in [0.4, 0.5) is 0 Å². The fourth-order valence-corrected chi connectivity index (χ4v) is 3.00. The number of nitrogens with one attached hydrogen (secondary N) is 1. The van der Waals surface area contributed by atoms with Crippen LogP contribution in [0, 0.1) is 5.41 Å². The van der Waals surface area contributed by atoms with Crippen LogP contribution in [-0.2, 0) is 0 Å². The van der Waals surface area contributed by atoms with Crippen LogP contribution in [-0.4, -0.2) is 19.7 Å². The summed E-state index contributed by atoms with van der Waals surface area (Å²) in [4.78, 5) is 0. The highest BCUT2D eigenvalue weighted by Crippen LogP contribution is 2.54. The molecule has 2 unspecified atom stereocenters. The normalized spacial score (nSPS) is 26.4. The first kappa shape index (κ1) is 12.4. The van der Waals surface area contributed by atoms with Gasteiger partial charge in [-0.15, -0.1) is 0 Å². The van der Waals surface area contributed by atoms with E-state index in [1.165, 1.54) is 12.0 Å². The molecule has 2 rings (SSSR count). The van der Waals surface area contributed by atoms with E-state index in [-0.39, 0.29) is 0 Å². The van der Waals surface area contributed by atoms with Crippen molar-refractivity contribution in [3.8, 4) is 5.75 Å². The predicted molar refractivity (Wildman–Crippen MR) is 71.6 cm³/mol. The zero-order chi connectivity index (χ0) is 12.5. The van der Waals surface area contributed by atoms with E-state index in [0.717, 1.165) is 12.3 Å². The quantitative estimate of drug-likeness (QED) is 0.862. The third kappa shape index (κ3) is 2.06. The lowest BCUT2D eigenvalue weighted by Crippen LogP contribution is -2.55. The molecule has 2 heteroatoms. The van der Waals surface area contributed by atoms with Gasteiger partial charge in [0.15, 0.2) is 0 Å². The Kier molecular flexibility index (Phi) is 3.43. The van der Waals surface area contributed by atoms with Crippen molar-refractivity contribution in [1.29, 1.82) is 0 Å². The molecule has 94 valence electrons. The Morgan fingerprint density at radius 3 is 2.65 bits per heavy atom. The van der Waals surface area contributed by atoms with Gasteiger partial charge in [-0.1, -0.05) is 39.0 Å². The summed E-state index contributed by atoms with van der Waals surface area (Å²) in [6.07, 6.45) is 1.21. The average molecular weight is 233 g/mol. The molecule has 1 aliphatic rings. The first-order valence-corrected chi connectivity index (χ1v) is 6.47. The topological polar surface area (TPSA) is 21.3 Å². The van der Waals surface area contributed by atoms with Gasteiger partial charge < -0.3 is 10.1 Å². The number of methoxy groups -OCH3 is 1. The Morgan fingerprint density at radius 1 is 1.35 bits per heavy atom. The largest absolute Gasteiger partial charge is 0.496 e. The zero-order valence-corrected chi connectivity index (χ0v) is 11.3. The molecule has 1 saturated carbocycles. The Labute approximate surface area is 104 Å². The molecule has 1 aromatic rings. The Balaban J connectivity index is 2.20. The summed E-state index contributed by atoms with van der Waals surface area (Å²) in [5.74, 6) is 1.63. The zero-order valence-electron chi connectivity index (χ0n) is 11.3. The Hall–Kier alpha value is -1.02. The minimum absolute atomic E-state index is 0.310. The van der Waals surface area contributed by atoms with Crippen LogP contribution in [0.15, 0.2) is 24.3 Å². The SMILES string of the molecule is CCNC1CC(c2ccccc2OC)C1(C)C.